The van der Waals surface area contributed by atoms with Crippen LogP contribution in [0.4, 0.5) is 5.69 Å². The lowest BCUT2D eigenvalue weighted by Crippen LogP contribution is -2.13. The molecule has 0 fully saturated rings. The van der Waals surface area contributed by atoms with Crippen LogP contribution in [0.5, 0.6) is 0 Å². The highest BCUT2D eigenvalue weighted by molar-refractivity contribution is 7.13. The van der Waals surface area contributed by atoms with Crippen LogP contribution in [0.15, 0.2) is 28.8 Å². The van der Waals surface area contributed by atoms with Gasteiger partial charge in [-0.15, -0.1) is 11.3 Å². The molecule has 0 atom stereocenters. The van der Waals surface area contributed by atoms with Crippen molar-refractivity contribution >= 4 is 17.0 Å². The zero-order chi connectivity index (χ0) is 11.5. The second-order valence-electron chi connectivity index (χ2n) is 3.80. The summed E-state index contributed by atoms with van der Waals surface area (Å²) in [6, 6.07) is 2.19. The first-order chi connectivity index (χ1) is 7.66. The summed E-state index contributed by atoms with van der Waals surface area (Å²) >= 11 is 1.46. The van der Waals surface area contributed by atoms with E-state index in [1.54, 1.807) is 17.9 Å². The Morgan fingerprint density at radius 1 is 1.50 bits per heavy atom. The Hall–Kier alpha value is -1.62. The van der Waals surface area contributed by atoms with Crippen LogP contribution in [-0.4, -0.2) is 16.0 Å². The van der Waals surface area contributed by atoms with Crippen LogP contribution in [0.3, 0.4) is 0 Å². The van der Waals surface area contributed by atoms with Crippen LogP contribution in [0.1, 0.15) is 13.8 Å². The lowest BCUT2D eigenvalue weighted by atomic mass is 10.2. The number of rotatable bonds is 3. The third-order valence-electron chi connectivity index (χ3n) is 2.06. The average molecular weight is 235 g/mol. The average Bonchev–Trinajstić information content (AvgIpc) is 2.73. The van der Waals surface area contributed by atoms with Crippen LogP contribution in [0.2, 0.25) is 0 Å². The Labute approximate surface area is 97.4 Å². The van der Waals surface area contributed by atoms with Gasteiger partial charge in [0.15, 0.2) is 0 Å². The summed E-state index contributed by atoms with van der Waals surface area (Å²) in [5.74, 6) is 0. The first-order valence-electron chi connectivity index (χ1n) is 5.05. The summed E-state index contributed by atoms with van der Waals surface area (Å²) in [5, 5.41) is 3.25. The predicted octanol–water partition coefficient (Wildman–Crippen LogP) is 2.32. The number of hydrogen-bond donors (Lipinski definition) is 2. The van der Waals surface area contributed by atoms with E-state index in [4.69, 9.17) is 0 Å². The van der Waals surface area contributed by atoms with Gasteiger partial charge in [-0.1, -0.05) is 0 Å². The third kappa shape index (κ3) is 2.30. The van der Waals surface area contributed by atoms with Crippen molar-refractivity contribution in [2.45, 2.75) is 19.9 Å². The van der Waals surface area contributed by atoms with Crippen LogP contribution in [-0.2, 0) is 0 Å². The van der Waals surface area contributed by atoms with E-state index in [1.807, 2.05) is 6.07 Å². The largest absolute Gasteiger partial charge is 0.382 e. The van der Waals surface area contributed by atoms with Crippen LogP contribution >= 0.6 is 11.3 Å². The fraction of sp³-hybridized carbons (Fsp3) is 0.273. The molecule has 0 aliphatic rings. The van der Waals surface area contributed by atoms with Gasteiger partial charge in [0, 0.05) is 18.4 Å². The highest BCUT2D eigenvalue weighted by Crippen LogP contribution is 2.21. The normalized spacial score (nSPS) is 10.7. The third-order valence-corrected chi connectivity index (χ3v) is 2.86. The van der Waals surface area contributed by atoms with E-state index in [9.17, 15) is 4.79 Å². The van der Waals surface area contributed by atoms with E-state index < -0.39 is 0 Å². The Bertz CT molecular complexity index is 516. The van der Waals surface area contributed by atoms with Crippen LogP contribution in [0.25, 0.3) is 10.4 Å². The number of aromatic nitrogens is 2. The minimum Gasteiger partial charge on any atom is -0.382 e. The fourth-order valence-electron chi connectivity index (χ4n) is 1.43. The highest BCUT2D eigenvalue weighted by atomic mass is 32.1. The number of nitrogens with one attached hydrogen (secondary N) is 2. The molecule has 2 rings (SSSR count). The van der Waals surface area contributed by atoms with E-state index in [2.05, 4.69) is 29.1 Å². The van der Waals surface area contributed by atoms with Crippen LogP contribution in [0, 0.1) is 0 Å². The number of H-pyrrole nitrogens is 1. The Morgan fingerprint density at radius 3 is 2.94 bits per heavy atom. The van der Waals surface area contributed by atoms with Crippen molar-refractivity contribution in [2.24, 2.45) is 0 Å². The molecule has 4 nitrogen and oxygen atoms in total. The van der Waals surface area contributed by atoms with Gasteiger partial charge in [-0.25, -0.2) is 0 Å². The van der Waals surface area contributed by atoms with E-state index in [-0.39, 0.29) is 5.56 Å². The Kier molecular flexibility index (Phi) is 3.05. The summed E-state index contributed by atoms with van der Waals surface area (Å²) in [4.78, 5) is 19.2. The summed E-state index contributed by atoms with van der Waals surface area (Å²) in [6.45, 7) is 4.11. The molecule has 16 heavy (non-hydrogen) atoms. The quantitative estimate of drug-likeness (QED) is 0.858. The Morgan fingerprint density at radius 2 is 2.31 bits per heavy atom. The van der Waals surface area contributed by atoms with Gasteiger partial charge in [0.05, 0.1) is 21.6 Å². The maximum absolute atomic E-state index is 11.7. The Balaban J connectivity index is 2.41. The standard InChI is InChI=1S/C11H13N3OS/c1-7(2)14-8-3-9(11(15)13-4-8)10-5-12-6-16-10/h3-7,14H,1-2H3,(H,13,15). The first-order valence-corrected chi connectivity index (χ1v) is 5.93. The highest BCUT2D eigenvalue weighted by Gasteiger charge is 2.06. The minimum atomic E-state index is -0.0847. The van der Waals surface area contributed by atoms with Crippen molar-refractivity contribution in [3.05, 3.63) is 34.3 Å². The summed E-state index contributed by atoms with van der Waals surface area (Å²) in [6.07, 6.45) is 3.39. The number of nitrogens with zero attached hydrogens (tertiary/aromatic N) is 1. The number of hydrogen-bond acceptors (Lipinski definition) is 4. The van der Waals surface area contributed by atoms with Gasteiger partial charge in [0.25, 0.3) is 5.56 Å². The number of aromatic amines is 1. The molecule has 84 valence electrons. The fourth-order valence-corrected chi connectivity index (χ4v) is 2.07. The molecule has 2 aromatic heterocycles. The van der Waals surface area contributed by atoms with E-state index in [0.29, 0.717) is 11.6 Å². The van der Waals surface area contributed by atoms with Gasteiger partial charge in [0.2, 0.25) is 0 Å². The summed E-state index contributed by atoms with van der Waals surface area (Å²) in [7, 11) is 0. The van der Waals surface area contributed by atoms with Crippen molar-refractivity contribution < 1.29 is 0 Å². The smallest absolute Gasteiger partial charge is 0.256 e. The molecule has 0 saturated heterocycles. The molecule has 0 spiro atoms. The maximum atomic E-state index is 11.7. The summed E-state index contributed by atoms with van der Waals surface area (Å²) in [5.41, 5.74) is 3.21. The number of anilines is 1. The minimum absolute atomic E-state index is 0.0847. The molecule has 0 saturated carbocycles. The molecule has 0 radical (unpaired) electrons. The molecular weight excluding hydrogens is 222 g/mol. The topological polar surface area (TPSA) is 57.8 Å². The zero-order valence-electron chi connectivity index (χ0n) is 9.15. The SMILES string of the molecule is CC(C)Nc1c[nH]c(=O)c(-c2cncs2)c1. The van der Waals surface area contributed by atoms with Gasteiger partial charge in [0.1, 0.15) is 0 Å². The molecule has 2 N–H and O–H groups in total. The van der Waals surface area contributed by atoms with Crippen molar-refractivity contribution in [3.63, 3.8) is 0 Å². The molecule has 0 bridgehead atoms. The maximum Gasteiger partial charge on any atom is 0.256 e. The predicted molar refractivity (Wildman–Crippen MR) is 66.9 cm³/mol. The van der Waals surface area contributed by atoms with Gasteiger partial charge in [-0.05, 0) is 19.9 Å². The lowest BCUT2D eigenvalue weighted by molar-refractivity contribution is 0.897. The van der Waals surface area contributed by atoms with Crippen molar-refractivity contribution in [3.8, 4) is 10.4 Å². The van der Waals surface area contributed by atoms with Crippen molar-refractivity contribution in [1.82, 2.24) is 9.97 Å². The zero-order valence-corrected chi connectivity index (χ0v) is 9.97. The molecule has 2 heterocycles. The molecule has 0 unspecified atom stereocenters. The van der Waals surface area contributed by atoms with Gasteiger partial charge in [-0.3, -0.25) is 9.78 Å². The van der Waals surface area contributed by atoms with E-state index in [0.717, 1.165) is 10.6 Å². The van der Waals surface area contributed by atoms with Crippen molar-refractivity contribution in [2.75, 3.05) is 5.32 Å². The molecule has 0 aliphatic carbocycles. The lowest BCUT2D eigenvalue weighted by Gasteiger charge is -2.10. The van der Waals surface area contributed by atoms with E-state index >= 15 is 0 Å². The molecule has 2 aromatic rings. The first kappa shape index (κ1) is 10.9. The van der Waals surface area contributed by atoms with E-state index in [1.165, 1.54) is 11.3 Å². The number of pyridine rings is 1. The molecular formula is C11H13N3OS. The molecule has 0 aliphatic heterocycles. The second kappa shape index (κ2) is 4.49. The summed E-state index contributed by atoms with van der Waals surface area (Å²) < 4.78 is 0. The second-order valence-corrected chi connectivity index (χ2v) is 4.68. The van der Waals surface area contributed by atoms with Crippen LogP contribution < -0.4 is 10.9 Å². The van der Waals surface area contributed by atoms with Gasteiger partial charge < -0.3 is 10.3 Å². The monoisotopic (exact) mass is 235 g/mol. The molecule has 5 heteroatoms. The van der Waals surface area contributed by atoms with Gasteiger partial charge >= 0.3 is 0 Å². The number of thiazole rings is 1. The van der Waals surface area contributed by atoms with Crippen molar-refractivity contribution in [1.29, 1.82) is 0 Å². The molecule has 0 aromatic carbocycles. The van der Waals surface area contributed by atoms with Gasteiger partial charge in [-0.2, -0.15) is 0 Å². The molecule has 0 amide bonds.